The lowest BCUT2D eigenvalue weighted by Crippen LogP contribution is -2.25. The summed E-state index contributed by atoms with van der Waals surface area (Å²) in [4.78, 5) is 11.9. The number of hydrogen-bond acceptors (Lipinski definition) is 3. The molecule has 0 atom stereocenters. The third-order valence-electron chi connectivity index (χ3n) is 3.73. The zero-order chi connectivity index (χ0) is 15.9. The monoisotopic (exact) mass is 291 g/mol. The average molecular weight is 291 g/mol. The molecule has 0 unspecified atom stereocenters. The Balaban J connectivity index is 2.73. The standard InChI is InChI=1S/C17H29N3O/c1-5-6-7-10-17(2,3)12-20-15-11-13(18)8-9-14(15)16(21)19-4/h8-9,11,20H,5-7,10,12,18H2,1-4H3,(H,19,21). The van der Waals surface area contributed by atoms with Crippen molar-refractivity contribution in [3.63, 3.8) is 0 Å². The summed E-state index contributed by atoms with van der Waals surface area (Å²) in [5.41, 5.74) is 8.13. The summed E-state index contributed by atoms with van der Waals surface area (Å²) in [5.74, 6) is -0.0960. The van der Waals surface area contributed by atoms with Crippen LogP contribution in [0.2, 0.25) is 0 Å². The molecule has 1 aromatic carbocycles. The molecule has 4 heteroatoms. The summed E-state index contributed by atoms with van der Waals surface area (Å²) in [6.45, 7) is 7.54. The second kappa shape index (κ2) is 7.91. The molecule has 0 radical (unpaired) electrons. The number of nitrogen functional groups attached to an aromatic ring is 1. The third-order valence-corrected chi connectivity index (χ3v) is 3.73. The largest absolute Gasteiger partial charge is 0.399 e. The summed E-state index contributed by atoms with van der Waals surface area (Å²) < 4.78 is 0. The summed E-state index contributed by atoms with van der Waals surface area (Å²) >= 11 is 0. The van der Waals surface area contributed by atoms with Gasteiger partial charge in [0.25, 0.3) is 5.91 Å². The van der Waals surface area contributed by atoms with Crippen molar-refractivity contribution in [2.75, 3.05) is 24.6 Å². The lowest BCUT2D eigenvalue weighted by molar-refractivity contribution is 0.0964. The zero-order valence-electron chi connectivity index (χ0n) is 13.8. The average Bonchev–Trinajstić information content (AvgIpc) is 2.45. The van der Waals surface area contributed by atoms with E-state index in [1.807, 2.05) is 6.07 Å². The number of rotatable bonds is 8. The summed E-state index contributed by atoms with van der Waals surface area (Å²) in [5, 5.41) is 6.06. The Labute approximate surface area is 128 Å². The Bertz CT molecular complexity index is 469. The maximum absolute atomic E-state index is 11.9. The van der Waals surface area contributed by atoms with E-state index >= 15 is 0 Å². The van der Waals surface area contributed by atoms with E-state index < -0.39 is 0 Å². The predicted octanol–water partition coefficient (Wildman–Crippen LogP) is 3.65. The minimum atomic E-state index is -0.0960. The normalized spacial score (nSPS) is 11.2. The van der Waals surface area contributed by atoms with Crippen molar-refractivity contribution >= 4 is 17.3 Å². The molecular weight excluding hydrogens is 262 g/mol. The van der Waals surface area contributed by atoms with Gasteiger partial charge in [0.05, 0.1) is 5.56 Å². The Hall–Kier alpha value is -1.71. The molecule has 0 aliphatic heterocycles. The van der Waals surface area contributed by atoms with Gasteiger partial charge in [-0.25, -0.2) is 0 Å². The number of hydrogen-bond donors (Lipinski definition) is 3. The van der Waals surface area contributed by atoms with Gasteiger partial charge < -0.3 is 16.4 Å². The lowest BCUT2D eigenvalue weighted by atomic mass is 9.86. The molecular formula is C17H29N3O. The number of carbonyl (C=O) groups is 1. The molecule has 118 valence electrons. The maximum Gasteiger partial charge on any atom is 0.253 e. The van der Waals surface area contributed by atoms with Crippen molar-refractivity contribution in [1.29, 1.82) is 0 Å². The van der Waals surface area contributed by atoms with Crippen molar-refractivity contribution in [2.45, 2.75) is 46.5 Å². The highest BCUT2D eigenvalue weighted by molar-refractivity contribution is 6.00. The van der Waals surface area contributed by atoms with Gasteiger partial charge in [0, 0.05) is 25.0 Å². The van der Waals surface area contributed by atoms with E-state index in [1.54, 1.807) is 19.2 Å². The minimum absolute atomic E-state index is 0.0960. The van der Waals surface area contributed by atoms with Crippen molar-refractivity contribution < 1.29 is 4.79 Å². The Kier molecular flexibility index (Phi) is 6.53. The molecule has 1 amide bonds. The molecule has 0 aliphatic carbocycles. The smallest absolute Gasteiger partial charge is 0.253 e. The molecule has 0 aliphatic rings. The van der Waals surface area contributed by atoms with Crippen LogP contribution >= 0.6 is 0 Å². The van der Waals surface area contributed by atoms with Crippen LogP contribution in [-0.4, -0.2) is 19.5 Å². The van der Waals surface area contributed by atoms with E-state index in [-0.39, 0.29) is 11.3 Å². The molecule has 4 nitrogen and oxygen atoms in total. The number of nitrogens with one attached hydrogen (secondary N) is 2. The highest BCUT2D eigenvalue weighted by atomic mass is 16.1. The van der Waals surface area contributed by atoms with Crippen molar-refractivity contribution in [3.05, 3.63) is 23.8 Å². The molecule has 0 saturated carbocycles. The lowest BCUT2D eigenvalue weighted by Gasteiger charge is -2.26. The van der Waals surface area contributed by atoms with E-state index in [0.29, 0.717) is 11.3 Å². The van der Waals surface area contributed by atoms with Gasteiger partial charge in [0.15, 0.2) is 0 Å². The predicted molar refractivity (Wildman–Crippen MR) is 90.7 cm³/mol. The number of carbonyl (C=O) groups excluding carboxylic acids is 1. The molecule has 0 saturated heterocycles. The Morgan fingerprint density at radius 3 is 2.62 bits per heavy atom. The Morgan fingerprint density at radius 1 is 1.29 bits per heavy atom. The highest BCUT2D eigenvalue weighted by Gasteiger charge is 2.18. The van der Waals surface area contributed by atoms with E-state index in [1.165, 1.54) is 25.7 Å². The van der Waals surface area contributed by atoms with Crippen LogP contribution in [-0.2, 0) is 0 Å². The van der Waals surface area contributed by atoms with Crippen LogP contribution in [0.15, 0.2) is 18.2 Å². The molecule has 0 aromatic heterocycles. The zero-order valence-corrected chi connectivity index (χ0v) is 13.8. The fraction of sp³-hybridized carbons (Fsp3) is 0.588. The first kappa shape index (κ1) is 17.3. The van der Waals surface area contributed by atoms with Crippen LogP contribution in [0, 0.1) is 5.41 Å². The van der Waals surface area contributed by atoms with Crippen LogP contribution in [0.5, 0.6) is 0 Å². The van der Waals surface area contributed by atoms with Gasteiger partial charge in [0.1, 0.15) is 0 Å². The van der Waals surface area contributed by atoms with Gasteiger partial charge in [-0.05, 0) is 30.0 Å². The van der Waals surface area contributed by atoms with Gasteiger partial charge in [-0.3, -0.25) is 4.79 Å². The van der Waals surface area contributed by atoms with Crippen molar-refractivity contribution in [1.82, 2.24) is 5.32 Å². The van der Waals surface area contributed by atoms with E-state index in [0.717, 1.165) is 12.2 Å². The SMILES string of the molecule is CCCCCC(C)(C)CNc1cc(N)ccc1C(=O)NC. The van der Waals surface area contributed by atoms with Gasteiger partial charge in [-0.15, -0.1) is 0 Å². The second-order valence-electron chi connectivity index (χ2n) is 6.36. The molecule has 21 heavy (non-hydrogen) atoms. The van der Waals surface area contributed by atoms with Crippen LogP contribution in [0.4, 0.5) is 11.4 Å². The van der Waals surface area contributed by atoms with E-state index in [4.69, 9.17) is 5.73 Å². The van der Waals surface area contributed by atoms with Gasteiger partial charge in [0.2, 0.25) is 0 Å². The van der Waals surface area contributed by atoms with Crippen LogP contribution < -0.4 is 16.4 Å². The number of nitrogens with two attached hydrogens (primary N) is 1. The maximum atomic E-state index is 11.9. The van der Waals surface area contributed by atoms with E-state index in [9.17, 15) is 4.79 Å². The van der Waals surface area contributed by atoms with Crippen LogP contribution in [0.25, 0.3) is 0 Å². The minimum Gasteiger partial charge on any atom is -0.399 e. The summed E-state index contributed by atoms with van der Waals surface area (Å²) in [7, 11) is 1.64. The molecule has 0 heterocycles. The number of anilines is 2. The first-order chi connectivity index (χ1) is 9.89. The third kappa shape index (κ3) is 5.66. The van der Waals surface area contributed by atoms with Gasteiger partial charge >= 0.3 is 0 Å². The quantitative estimate of drug-likeness (QED) is 0.506. The first-order valence-electron chi connectivity index (χ1n) is 7.75. The second-order valence-corrected chi connectivity index (χ2v) is 6.36. The molecule has 1 aromatic rings. The first-order valence-corrected chi connectivity index (χ1v) is 7.75. The van der Waals surface area contributed by atoms with Crippen LogP contribution in [0.3, 0.4) is 0 Å². The number of benzene rings is 1. The molecule has 4 N–H and O–H groups in total. The highest BCUT2D eigenvalue weighted by Crippen LogP contribution is 2.26. The molecule has 1 rings (SSSR count). The summed E-state index contributed by atoms with van der Waals surface area (Å²) in [6, 6.07) is 5.34. The summed E-state index contributed by atoms with van der Waals surface area (Å²) in [6.07, 6.45) is 4.92. The Morgan fingerprint density at radius 2 is 2.00 bits per heavy atom. The fourth-order valence-electron chi connectivity index (χ4n) is 2.32. The fourth-order valence-corrected chi connectivity index (χ4v) is 2.32. The number of unbranched alkanes of at least 4 members (excludes halogenated alkanes) is 2. The van der Waals surface area contributed by atoms with Crippen molar-refractivity contribution in [3.8, 4) is 0 Å². The van der Waals surface area contributed by atoms with Gasteiger partial charge in [-0.2, -0.15) is 0 Å². The number of amides is 1. The van der Waals surface area contributed by atoms with Crippen molar-refractivity contribution in [2.24, 2.45) is 5.41 Å². The molecule has 0 spiro atoms. The van der Waals surface area contributed by atoms with Gasteiger partial charge in [-0.1, -0.05) is 40.0 Å². The van der Waals surface area contributed by atoms with E-state index in [2.05, 4.69) is 31.4 Å². The molecule has 0 bridgehead atoms. The molecule has 0 fully saturated rings. The van der Waals surface area contributed by atoms with Crippen LogP contribution in [0.1, 0.15) is 56.8 Å². The topological polar surface area (TPSA) is 67.1 Å².